The Hall–Kier alpha value is -3.06. The maximum Gasteiger partial charge on any atom is 0.261 e. The zero-order valence-electron chi connectivity index (χ0n) is 12.2. The van der Waals surface area contributed by atoms with Gasteiger partial charge in [-0.15, -0.1) is 0 Å². The van der Waals surface area contributed by atoms with Gasteiger partial charge < -0.3 is 10.1 Å². The molecule has 0 unspecified atom stereocenters. The topological polar surface area (TPSA) is 62.1 Å². The number of carbonyl (C=O) groups is 1. The summed E-state index contributed by atoms with van der Waals surface area (Å²) in [5, 5.41) is 11.7. The van der Waals surface area contributed by atoms with Crippen LogP contribution in [0.25, 0.3) is 6.08 Å². The fourth-order valence-electron chi connectivity index (χ4n) is 1.86. The SMILES string of the molecule is CCNC(=O)C(C#N)=Cc1cccc(Oc2ccccc2)c1. The molecule has 4 nitrogen and oxygen atoms in total. The summed E-state index contributed by atoms with van der Waals surface area (Å²) in [6.07, 6.45) is 1.54. The van der Waals surface area contributed by atoms with Gasteiger partial charge >= 0.3 is 0 Å². The summed E-state index contributed by atoms with van der Waals surface area (Å²) in [6.45, 7) is 2.29. The molecule has 0 atom stereocenters. The molecule has 2 aromatic rings. The van der Waals surface area contributed by atoms with Crippen molar-refractivity contribution in [2.75, 3.05) is 6.54 Å². The number of rotatable bonds is 5. The van der Waals surface area contributed by atoms with Gasteiger partial charge in [0.2, 0.25) is 0 Å². The lowest BCUT2D eigenvalue weighted by Gasteiger charge is -2.06. The van der Waals surface area contributed by atoms with E-state index in [0.717, 1.165) is 11.3 Å². The minimum Gasteiger partial charge on any atom is -0.457 e. The van der Waals surface area contributed by atoms with Crippen LogP contribution in [-0.2, 0) is 4.79 Å². The lowest BCUT2D eigenvalue weighted by molar-refractivity contribution is -0.116. The number of benzene rings is 2. The Labute approximate surface area is 129 Å². The summed E-state index contributed by atoms with van der Waals surface area (Å²) in [6, 6.07) is 18.6. The number of hydrogen-bond donors (Lipinski definition) is 1. The van der Waals surface area contributed by atoms with Crippen molar-refractivity contribution in [3.63, 3.8) is 0 Å². The molecule has 0 radical (unpaired) electrons. The number of nitrogens with one attached hydrogen (secondary N) is 1. The molecule has 4 heteroatoms. The van der Waals surface area contributed by atoms with Crippen LogP contribution >= 0.6 is 0 Å². The average Bonchev–Trinajstić information content (AvgIpc) is 2.54. The quantitative estimate of drug-likeness (QED) is 0.677. The highest BCUT2D eigenvalue weighted by atomic mass is 16.5. The number of carbonyl (C=O) groups excluding carboxylic acids is 1. The van der Waals surface area contributed by atoms with Crippen LogP contribution in [0.4, 0.5) is 0 Å². The summed E-state index contributed by atoms with van der Waals surface area (Å²) < 4.78 is 5.73. The molecule has 0 heterocycles. The first-order valence-corrected chi connectivity index (χ1v) is 6.96. The van der Waals surface area contributed by atoms with Gasteiger partial charge in [-0.3, -0.25) is 4.79 Å². The molecular formula is C18H16N2O2. The van der Waals surface area contributed by atoms with Crippen molar-refractivity contribution >= 4 is 12.0 Å². The summed E-state index contributed by atoms with van der Waals surface area (Å²) in [4.78, 5) is 11.7. The number of amides is 1. The van der Waals surface area contributed by atoms with Crippen molar-refractivity contribution in [1.29, 1.82) is 5.26 Å². The first kappa shape index (κ1) is 15.3. The van der Waals surface area contributed by atoms with Gasteiger partial charge in [0.15, 0.2) is 0 Å². The molecular weight excluding hydrogens is 276 g/mol. The second kappa shape index (κ2) is 7.65. The second-order valence-corrected chi connectivity index (χ2v) is 4.52. The first-order chi connectivity index (χ1) is 10.7. The summed E-state index contributed by atoms with van der Waals surface area (Å²) >= 11 is 0. The van der Waals surface area contributed by atoms with Crippen LogP contribution in [0.2, 0.25) is 0 Å². The van der Waals surface area contributed by atoms with Gasteiger partial charge in [0, 0.05) is 6.54 Å². The Bertz CT molecular complexity index is 715. The Morgan fingerprint density at radius 1 is 1.18 bits per heavy atom. The van der Waals surface area contributed by atoms with E-state index in [2.05, 4.69) is 5.32 Å². The zero-order chi connectivity index (χ0) is 15.8. The number of para-hydroxylation sites is 1. The Balaban J connectivity index is 2.21. The monoisotopic (exact) mass is 292 g/mol. The smallest absolute Gasteiger partial charge is 0.261 e. The van der Waals surface area contributed by atoms with Crippen molar-refractivity contribution < 1.29 is 9.53 Å². The van der Waals surface area contributed by atoms with E-state index in [1.807, 2.05) is 54.6 Å². The molecule has 0 bridgehead atoms. The van der Waals surface area contributed by atoms with Crippen LogP contribution in [0.1, 0.15) is 12.5 Å². The third kappa shape index (κ3) is 4.22. The van der Waals surface area contributed by atoms with Crippen molar-refractivity contribution in [2.45, 2.75) is 6.92 Å². The highest BCUT2D eigenvalue weighted by Gasteiger charge is 2.07. The molecule has 2 rings (SSSR count). The second-order valence-electron chi connectivity index (χ2n) is 4.52. The molecule has 0 aliphatic heterocycles. The zero-order valence-corrected chi connectivity index (χ0v) is 12.2. The Kier molecular flexibility index (Phi) is 5.33. The van der Waals surface area contributed by atoms with Gasteiger partial charge in [0.25, 0.3) is 5.91 Å². The normalized spacial score (nSPS) is 10.6. The van der Waals surface area contributed by atoms with Gasteiger partial charge in [-0.05, 0) is 42.8 Å². The van der Waals surface area contributed by atoms with Crippen molar-refractivity contribution in [3.8, 4) is 17.6 Å². The summed E-state index contributed by atoms with van der Waals surface area (Å²) in [7, 11) is 0. The van der Waals surface area contributed by atoms with Gasteiger partial charge in [0.05, 0.1) is 0 Å². The third-order valence-electron chi connectivity index (χ3n) is 2.85. The lowest BCUT2D eigenvalue weighted by Crippen LogP contribution is -2.23. The molecule has 0 aliphatic carbocycles. The summed E-state index contributed by atoms with van der Waals surface area (Å²) in [5.41, 5.74) is 0.801. The van der Waals surface area contributed by atoms with Gasteiger partial charge in [-0.25, -0.2) is 0 Å². The highest BCUT2D eigenvalue weighted by molar-refractivity contribution is 6.01. The number of hydrogen-bond acceptors (Lipinski definition) is 3. The fraction of sp³-hybridized carbons (Fsp3) is 0.111. The molecule has 22 heavy (non-hydrogen) atoms. The fourth-order valence-corrected chi connectivity index (χ4v) is 1.86. The molecule has 0 saturated carbocycles. The molecule has 1 amide bonds. The Morgan fingerprint density at radius 2 is 1.91 bits per heavy atom. The van der Waals surface area contributed by atoms with Crippen LogP contribution in [0.15, 0.2) is 60.2 Å². The molecule has 0 fully saturated rings. The van der Waals surface area contributed by atoms with E-state index in [-0.39, 0.29) is 11.5 Å². The van der Waals surface area contributed by atoms with E-state index in [4.69, 9.17) is 10.00 Å². The number of nitrogens with zero attached hydrogens (tertiary/aromatic N) is 1. The van der Waals surface area contributed by atoms with Crippen LogP contribution in [0.5, 0.6) is 11.5 Å². The number of nitriles is 1. The molecule has 110 valence electrons. The van der Waals surface area contributed by atoms with Crippen molar-refractivity contribution in [1.82, 2.24) is 5.32 Å². The molecule has 0 spiro atoms. The number of likely N-dealkylation sites (N-methyl/N-ethyl adjacent to an activating group) is 1. The van der Waals surface area contributed by atoms with Crippen LogP contribution < -0.4 is 10.1 Å². The minimum atomic E-state index is -0.376. The maximum atomic E-state index is 11.7. The predicted molar refractivity (Wildman–Crippen MR) is 85.2 cm³/mol. The van der Waals surface area contributed by atoms with E-state index in [1.54, 1.807) is 19.1 Å². The van der Waals surface area contributed by atoms with Gasteiger partial charge in [-0.1, -0.05) is 30.3 Å². The van der Waals surface area contributed by atoms with E-state index < -0.39 is 0 Å². The lowest BCUT2D eigenvalue weighted by atomic mass is 10.1. The third-order valence-corrected chi connectivity index (χ3v) is 2.85. The molecule has 2 aromatic carbocycles. The van der Waals surface area contributed by atoms with Crippen LogP contribution in [-0.4, -0.2) is 12.5 Å². The molecule has 0 aromatic heterocycles. The van der Waals surface area contributed by atoms with E-state index >= 15 is 0 Å². The standard InChI is InChI=1S/C18H16N2O2/c1-2-20-18(21)15(13-19)11-14-7-6-10-17(12-14)22-16-8-4-3-5-9-16/h3-12H,2H2,1H3,(H,20,21). The van der Waals surface area contributed by atoms with Crippen LogP contribution in [0, 0.1) is 11.3 Å². The van der Waals surface area contributed by atoms with E-state index in [1.165, 1.54) is 0 Å². The molecule has 1 N–H and O–H groups in total. The summed E-state index contributed by atoms with van der Waals surface area (Å²) in [5.74, 6) is 1.00. The maximum absolute atomic E-state index is 11.7. The first-order valence-electron chi connectivity index (χ1n) is 6.96. The molecule has 0 saturated heterocycles. The average molecular weight is 292 g/mol. The van der Waals surface area contributed by atoms with Crippen LogP contribution in [0.3, 0.4) is 0 Å². The van der Waals surface area contributed by atoms with Gasteiger partial charge in [-0.2, -0.15) is 5.26 Å². The Morgan fingerprint density at radius 3 is 2.59 bits per heavy atom. The van der Waals surface area contributed by atoms with Crippen molar-refractivity contribution in [3.05, 3.63) is 65.7 Å². The molecule has 0 aliphatic rings. The van der Waals surface area contributed by atoms with E-state index in [0.29, 0.717) is 12.3 Å². The van der Waals surface area contributed by atoms with Crippen molar-refractivity contribution in [2.24, 2.45) is 0 Å². The highest BCUT2D eigenvalue weighted by Crippen LogP contribution is 2.22. The largest absolute Gasteiger partial charge is 0.457 e. The predicted octanol–water partition coefficient (Wildman–Crippen LogP) is 3.52. The van der Waals surface area contributed by atoms with Gasteiger partial charge in [0.1, 0.15) is 23.1 Å². The van der Waals surface area contributed by atoms with E-state index in [9.17, 15) is 4.79 Å². The number of ether oxygens (including phenoxy) is 1. The minimum absolute atomic E-state index is 0.0683.